The van der Waals surface area contributed by atoms with Gasteiger partial charge in [0.25, 0.3) is 0 Å². The van der Waals surface area contributed by atoms with Crippen LogP contribution in [0.25, 0.3) is 0 Å². The van der Waals surface area contributed by atoms with E-state index in [1.165, 1.54) is 41.0 Å². The second-order valence-electron chi connectivity index (χ2n) is 5.80. The van der Waals surface area contributed by atoms with Gasteiger partial charge >= 0.3 is 12.2 Å². The molecule has 3 atom stereocenters. The van der Waals surface area contributed by atoms with Crippen LogP contribution >= 0.6 is 34.5 Å². The minimum absolute atomic E-state index is 0.0104. The summed E-state index contributed by atoms with van der Waals surface area (Å²) in [5.41, 5.74) is -3.82. The lowest BCUT2D eigenvalue weighted by atomic mass is 9.78. The molecule has 0 aliphatic carbocycles. The molecule has 3 N–H and O–H groups in total. The molecule has 0 spiro atoms. The highest BCUT2D eigenvalue weighted by atomic mass is 35.5. The Bertz CT molecular complexity index is 892. The maximum absolute atomic E-state index is 13.7. The lowest BCUT2D eigenvalue weighted by Gasteiger charge is -2.45. The third kappa shape index (κ3) is 3.40. The molecule has 1 aromatic carbocycles. The summed E-state index contributed by atoms with van der Waals surface area (Å²) in [6, 6.07) is 4.10. The molecule has 2 heterocycles. The number of Topliss-reactive ketones (excluding diaryl/α,β-unsaturated/α-hetero) is 1. The second kappa shape index (κ2) is 6.97. The Morgan fingerprint density at radius 2 is 1.93 bits per heavy atom. The molecule has 11 heteroatoms. The lowest BCUT2D eigenvalue weighted by molar-refractivity contribution is -0.287. The van der Waals surface area contributed by atoms with Crippen molar-refractivity contribution in [3.8, 4) is 0 Å². The van der Waals surface area contributed by atoms with Crippen LogP contribution < -0.4 is 10.6 Å². The van der Waals surface area contributed by atoms with E-state index < -0.39 is 35.7 Å². The zero-order valence-corrected chi connectivity index (χ0v) is 15.5. The number of alkyl halides is 3. The van der Waals surface area contributed by atoms with Crippen LogP contribution in [0.3, 0.4) is 0 Å². The topological polar surface area (TPSA) is 78.4 Å². The first-order valence-electron chi connectivity index (χ1n) is 7.45. The average Bonchev–Trinajstić information content (AvgIpc) is 3.10. The smallest absolute Gasteiger partial charge is 0.363 e. The van der Waals surface area contributed by atoms with E-state index in [0.29, 0.717) is 0 Å². The van der Waals surface area contributed by atoms with Crippen molar-refractivity contribution in [1.29, 1.82) is 0 Å². The highest BCUT2D eigenvalue weighted by Gasteiger charge is 2.66. The molecule has 144 valence electrons. The molecule has 27 heavy (non-hydrogen) atoms. The molecule has 0 radical (unpaired) electrons. The van der Waals surface area contributed by atoms with E-state index in [9.17, 15) is 27.9 Å². The van der Waals surface area contributed by atoms with Crippen LogP contribution in [0.5, 0.6) is 0 Å². The predicted molar refractivity (Wildman–Crippen MR) is 94.0 cm³/mol. The van der Waals surface area contributed by atoms with Crippen LogP contribution in [0.2, 0.25) is 10.0 Å². The summed E-state index contributed by atoms with van der Waals surface area (Å²) in [4.78, 5) is 24.8. The van der Waals surface area contributed by atoms with Crippen LogP contribution in [-0.4, -0.2) is 28.8 Å². The standard InChI is InChI=1S/C16H11Cl2F3N2O3S/c17-8-4-1-3-7(11(8)18)12-10(13(24)9-5-2-6-27-9)15(26,16(19,20)21)23-14(25)22-12/h1-6,10,12,26H,(H2,22,23,25). The van der Waals surface area contributed by atoms with Gasteiger partial charge in [0, 0.05) is 0 Å². The third-order valence-corrected chi connectivity index (χ3v) is 5.89. The zero-order valence-electron chi connectivity index (χ0n) is 13.2. The Labute approximate surface area is 165 Å². The number of hydrogen-bond donors (Lipinski definition) is 3. The van der Waals surface area contributed by atoms with E-state index in [4.69, 9.17) is 23.2 Å². The summed E-state index contributed by atoms with van der Waals surface area (Å²) >= 11 is 12.9. The molecule has 0 bridgehead atoms. The van der Waals surface area contributed by atoms with Gasteiger partial charge in [-0.2, -0.15) is 13.2 Å². The molecule has 3 rings (SSSR count). The van der Waals surface area contributed by atoms with Crippen molar-refractivity contribution in [3.05, 3.63) is 56.2 Å². The van der Waals surface area contributed by atoms with Crippen molar-refractivity contribution < 1.29 is 27.9 Å². The van der Waals surface area contributed by atoms with Crippen molar-refractivity contribution in [3.63, 3.8) is 0 Å². The number of amides is 2. The van der Waals surface area contributed by atoms with E-state index in [0.717, 1.165) is 11.3 Å². The van der Waals surface area contributed by atoms with Gasteiger partial charge in [-0.05, 0) is 23.1 Å². The molecular formula is C16H11Cl2F3N2O3S. The number of carbonyl (C=O) groups is 2. The van der Waals surface area contributed by atoms with Crippen molar-refractivity contribution in [2.75, 3.05) is 0 Å². The summed E-state index contributed by atoms with van der Waals surface area (Å²) in [7, 11) is 0. The minimum atomic E-state index is -5.33. The van der Waals surface area contributed by atoms with E-state index in [-0.39, 0.29) is 20.5 Å². The number of rotatable bonds is 3. The summed E-state index contributed by atoms with van der Waals surface area (Å²) in [5.74, 6) is -3.14. The first-order valence-corrected chi connectivity index (χ1v) is 9.09. The molecule has 1 aromatic heterocycles. The van der Waals surface area contributed by atoms with Crippen LogP contribution in [0.1, 0.15) is 21.3 Å². The summed E-state index contributed by atoms with van der Waals surface area (Å²) in [5, 5.41) is 15.5. The van der Waals surface area contributed by atoms with Crippen molar-refractivity contribution in [2.45, 2.75) is 17.9 Å². The molecular weight excluding hydrogens is 428 g/mol. The average molecular weight is 439 g/mol. The van der Waals surface area contributed by atoms with Crippen LogP contribution in [0.15, 0.2) is 35.7 Å². The quantitative estimate of drug-likeness (QED) is 0.629. The fourth-order valence-corrected chi connectivity index (χ4v) is 4.06. The fourth-order valence-electron chi connectivity index (χ4n) is 2.93. The zero-order chi connectivity index (χ0) is 20.0. The number of aliphatic hydroxyl groups is 1. The van der Waals surface area contributed by atoms with Crippen molar-refractivity contribution in [1.82, 2.24) is 10.6 Å². The monoisotopic (exact) mass is 438 g/mol. The minimum Gasteiger partial charge on any atom is -0.363 e. The lowest BCUT2D eigenvalue weighted by Crippen LogP contribution is -2.72. The summed E-state index contributed by atoms with van der Waals surface area (Å²) in [6.07, 6.45) is -5.33. The van der Waals surface area contributed by atoms with Gasteiger partial charge in [0.1, 0.15) is 5.92 Å². The number of benzene rings is 1. The molecule has 1 fully saturated rings. The Balaban J connectivity index is 2.21. The highest BCUT2D eigenvalue weighted by Crippen LogP contribution is 2.46. The molecule has 0 saturated carbocycles. The molecule has 1 saturated heterocycles. The van der Waals surface area contributed by atoms with E-state index >= 15 is 0 Å². The number of carbonyl (C=O) groups excluding carboxylic acids is 2. The predicted octanol–water partition coefficient (Wildman–Crippen LogP) is 4.16. The molecule has 2 aromatic rings. The molecule has 1 aliphatic heterocycles. The van der Waals surface area contributed by atoms with Crippen LogP contribution in [0.4, 0.5) is 18.0 Å². The van der Waals surface area contributed by atoms with Gasteiger partial charge in [-0.1, -0.05) is 41.4 Å². The van der Waals surface area contributed by atoms with Crippen molar-refractivity contribution in [2.24, 2.45) is 5.92 Å². The van der Waals surface area contributed by atoms with Gasteiger partial charge in [0.05, 0.1) is 21.0 Å². The fraction of sp³-hybridized carbons (Fsp3) is 0.250. The maximum atomic E-state index is 13.7. The number of urea groups is 1. The van der Waals surface area contributed by atoms with Crippen molar-refractivity contribution >= 4 is 46.4 Å². The van der Waals surface area contributed by atoms with Gasteiger partial charge < -0.3 is 15.7 Å². The van der Waals surface area contributed by atoms with Crippen LogP contribution in [0, 0.1) is 5.92 Å². The molecule has 3 unspecified atom stereocenters. The molecule has 2 amide bonds. The summed E-state index contributed by atoms with van der Waals surface area (Å²) in [6.45, 7) is 0. The number of nitrogens with one attached hydrogen (secondary N) is 2. The number of hydrogen-bond acceptors (Lipinski definition) is 4. The van der Waals surface area contributed by atoms with Gasteiger partial charge in [-0.25, -0.2) is 4.79 Å². The van der Waals surface area contributed by atoms with Gasteiger partial charge in [0.2, 0.25) is 5.72 Å². The Hall–Kier alpha value is -1.81. The normalized spacial score (nSPS) is 25.6. The molecule has 1 aliphatic rings. The number of halogens is 5. The summed E-state index contributed by atoms with van der Waals surface area (Å²) < 4.78 is 41.2. The van der Waals surface area contributed by atoms with Gasteiger partial charge in [-0.15, -0.1) is 11.3 Å². The second-order valence-corrected chi connectivity index (χ2v) is 7.54. The Morgan fingerprint density at radius 3 is 2.52 bits per heavy atom. The largest absolute Gasteiger partial charge is 0.437 e. The number of ketones is 1. The maximum Gasteiger partial charge on any atom is 0.437 e. The Morgan fingerprint density at radius 1 is 1.22 bits per heavy atom. The highest BCUT2D eigenvalue weighted by molar-refractivity contribution is 7.12. The van der Waals surface area contributed by atoms with Crippen LogP contribution in [-0.2, 0) is 0 Å². The Kier molecular flexibility index (Phi) is 5.15. The molecule has 5 nitrogen and oxygen atoms in total. The van der Waals surface area contributed by atoms with Gasteiger partial charge in [0.15, 0.2) is 5.78 Å². The van der Waals surface area contributed by atoms with E-state index in [2.05, 4.69) is 5.32 Å². The number of thiophene rings is 1. The third-order valence-electron chi connectivity index (χ3n) is 4.17. The van der Waals surface area contributed by atoms with E-state index in [1.54, 1.807) is 0 Å². The SMILES string of the molecule is O=C1NC(c2cccc(Cl)c2Cl)C(C(=O)c2cccs2)C(O)(C(F)(F)F)N1. The van der Waals surface area contributed by atoms with E-state index in [1.807, 2.05) is 0 Å². The first kappa shape index (κ1) is 19.9. The first-order chi connectivity index (χ1) is 12.6. The van der Waals surface area contributed by atoms with Gasteiger partial charge in [-0.3, -0.25) is 4.79 Å².